The highest BCUT2D eigenvalue weighted by atomic mass is 16.4. The van der Waals surface area contributed by atoms with Crippen LogP contribution in [-0.4, -0.2) is 17.0 Å². The molecule has 1 amide bonds. The quantitative estimate of drug-likeness (QED) is 0.576. The monoisotopic (exact) mass is 352 g/mol. The first-order chi connectivity index (χ1) is 12.7. The van der Waals surface area contributed by atoms with E-state index in [-0.39, 0.29) is 24.9 Å². The summed E-state index contributed by atoms with van der Waals surface area (Å²) in [6.07, 6.45) is 3.15. The first kappa shape index (κ1) is 16.0. The molecule has 7 heteroatoms. The molecule has 1 aromatic carbocycles. The number of carbonyl (C=O) groups is 1. The highest BCUT2D eigenvalue weighted by Gasteiger charge is 2.21. The molecule has 0 unspecified atom stereocenters. The van der Waals surface area contributed by atoms with E-state index in [0.29, 0.717) is 22.6 Å². The predicted octanol–water partition coefficient (Wildman–Crippen LogP) is 2.73. The number of carbonyl (C=O) groups excluding carboxylic acids is 1. The molecule has 0 aliphatic heterocycles. The molecule has 0 aliphatic rings. The number of hydrogen-bond acceptors (Lipinski definition) is 5. The summed E-state index contributed by atoms with van der Waals surface area (Å²) in [6, 6.07) is 14.2. The summed E-state index contributed by atoms with van der Waals surface area (Å²) in [5.74, 6) is 0.260. The molecule has 1 N–H and O–H groups in total. The van der Waals surface area contributed by atoms with Gasteiger partial charge in [0, 0.05) is 6.54 Å². The molecule has 3 heterocycles. The van der Waals surface area contributed by atoms with E-state index in [1.54, 1.807) is 48.9 Å². The molecule has 0 saturated carbocycles. The van der Waals surface area contributed by atoms with Gasteiger partial charge in [0.2, 0.25) is 5.91 Å². The van der Waals surface area contributed by atoms with Crippen LogP contribution in [0.3, 0.4) is 0 Å². The van der Waals surface area contributed by atoms with Gasteiger partial charge in [-0.1, -0.05) is 12.1 Å². The number of nitrogens with zero attached hydrogens (tertiary/aromatic N) is 1. The third-order valence-electron chi connectivity index (χ3n) is 4.15. The van der Waals surface area contributed by atoms with Crippen molar-refractivity contribution >= 4 is 17.0 Å². The Hall–Kier alpha value is -3.48. The van der Waals surface area contributed by atoms with Gasteiger partial charge < -0.3 is 18.6 Å². The Labute approximate surface area is 147 Å². The van der Waals surface area contributed by atoms with Gasteiger partial charge in [-0.05, 0) is 36.4 Å². The first-order valence-electron chi connectivity index (χ1n) is 8.14. The molecule has 7 nitrogen and oxygen atoms in total. The maximum atomic E-state index is 12.4. The predicted molar refractivity (Wildman–Crippen MR) is 92.7 cm³/mol. The summed E-state index contributed by atoms with van der Waals surface area (Å²) in [5.41, 5.74) is 1.04. The molecule has 4 rings (SSSR count). The highest BCUT2D eigenvalue weighted by molar-refractivity contribution is 5.79. The van der Waals surface area contributed by atoms with Crippen molar-refractivity contribution in [2.24, 2.45) is 0 Å². The summed E-state index contributed by atoms with van der Waals surface area (Å²) in [5, 5.41) is 2.83. The van der Waals surface area contributed by atoms with E-state index in [1.807, 2.05) is 12.1 Å². The SMILES string of the molecule is O=C(Cn1c(=O)oc2ccccc21)NCC(c1ccco1)c1ccco1. The van der Waals surface area contributed by atoms with E-state index in [2.05, 4.69) is 5.32 Å². The average molecular weight is 352 g/mol. The zero-order valence-electron chi connectivity index (χ0n) is 13.8. The van der Waals surface area contributed by atoms with Gasteiger partial charge in [-0.3, -0.25) is 9.36 Å². The number of furan rings is 2. The smallest absolute Gasteiger partial charge is 0.420 e. The van der Waals surface area contributed by atoms with E-state index >= 15 is 0 Å². The first-order valence-corrected chi connectivity index (χ1v) is 8.14. The highest BCUT2D eigenvalue weighted by Crippen LogP contribution is 2.24. The molecule has 0 aliphatic carbocycles. The lowest BCUT2D eigenvalue weighted by molar-refractivity contribution is -0.121. The van der Waals surface area contributed by atoms with Crippen molar-refractivity contribution in [1.29, 1.82) is 0 Å². The Balaban J connectivity index is 1.49. The van der Waals surface area contributed by atoms with Crippen molar-refractivity contribution in [3.05, 3.63) is 83.1 Å². The number of para-hydroxylation sites is 2. The molecular formula is C19H16N2O5. The summed E-state index contributed by atoms with van der Waals surface area (Å²) in [4.78, 5) is 24.3. The van der Waals surface area contributed by atoms with Crippen LogP contribution in [0.15, 0.2) is 79.1 Å². The molecule has 0 saturated heterocycles. The molecule has 26 heavy (non-hydrogen) atoms. The van der Waals surface area contributed by atoms with E-state index in [0.717, 1.165) is 0 Å². The van der Waals surface area contributed by atoms with E-state index in [4.69, 9.17) is 13.3 Å². The maximum Gasteiger partial charge on any atom is 0.420 e. The van der Waals surface area contributed by atoms with Gasteiger partial charge in [0.1, 0.15) is 18.1 Å². The van der Waals surface area contributed by atoms with Crippen LogP contribution in [0.1, 0.15) is 17.4 Å². The number of fused-ring (bicyclic) bond motifs is 1. The fraction of sp³-hybridized carbons (Fsp3) is 0.158. The van der Waals surface area contributed by atoms with Crippen molar-refractivity contribution in [1.82, 2.24) is 9.88 Å². The van der Waals surface area contributed by atoms with Crippen LogP contribution in [0, 0.1) is 0 Å². The third kappa shape index (κ3) is 3.06. The van der Waals surface area contributed by atoms with E-state index in [9.17, 15) is 9.59 Å². The molecule has 3 aromatic heterocycles. The lowest BCUT2D eigenvalue weighted by Crippen LogP contribution is -2.33. The van der Waals surface area contributed by atoms with Gasteiger partial charge in [-0.25, -0.2) is 4.79 Å². The molecular weight excluding hydrogens is 336 g/mol. The van der Waals surface area contributed by atoms with Crippen molar-refractivity contribution < 1.29 is 18.0 Å². The lowest BCUT2D eigenvalue weighted by Gasteiger charge is -2.13. The van der Waals surface area contributed by atoms with Crippen LogP contribution in [-0.2, 0) is 11.3 Å². The Kier molecular flexibility index (Phi) is 4.18. The van der Waals surface area contributed by atoms with Crippen LogP contribution in [0.4, 0.5) is 0 Å². The standard InChI is InChI=1S/C19H16N2O5/c22-18(12-21-14-5-1-2-6-17(14)26-19(21)23)20-11-13(15-7-3-9-24-15)16-8-4-10-25-16/h1-10,13H,11-12H2,(H,20,22). The minimum absolute atomic E-state index is 0.126. The number of oxazole rings is 1. The molecule has 4 aromatic rings. The normalized spacial score (nSPS) is 11.3. The average Bonchev–Trinajstić information content (AvgIpc) is 3.38. The molecule has 0 spiro atoms. The number of amides is 1. The number of benzene rings is 1. The molecule has 0 fully saturated rings. The summed E-state index contributed by atoms with van der Waals surface area (Å²) in [7, 11) is 0. The van der Waals surface area contributed by atoms with Crippen molar-refractivity contribution in [3.63, 3.8) is 0 Å². The van der Waals surface area contributed by atoms with Gasteiger partial charge >= 0.3 is 5.76 Å². The van der Waals surface area contributed by atoms with Crippen molar-refractivity contribution in [2.75, 3.05) is 6.54 Å². The number of rotatable bonds is 6. The summed E-state index contributed by atoms with van der Waals surface area (Å²) in [6.45, 7) is 0.156. The minimum Gasteiger partial charge on any atom is -0.469 e. The maximum absolute atomic E-state index is 12.4. The number of aromatic nitrogens is 1. The van der Waals surface area contributed by atoms with Crippen molar-refractivity contribution in [2.45, 2.75) is 12.5 Å². The van der Waals surface area contributed by atoms with Crippen LogP contribution in [0.25, 0.3) is 11.1 Å². The zero-order valence-corrected chi connectivity index (χ0v) is 13.8. The minimum atomic E-state index is -0.560. The number of nitrogens with one attached hydrogen (secondary N) is 1. The van der Waals surface area contributed by atoms with Gasteiger partial charge in [-0.2, -0.15) is 0 Å². The van der Waals surface area contributed by atoms with E-state index in [1.165, 1.54) is 4.57 Å². The van der Waals surface area contributed by atoms with Gasteiger partial charge in [0.05, 0.1) is 24.0 Å². The zero-order chi connectivity index (χ0) is 17.9. The Morgan fingerprint density at radius 3 is 2.35 bits per heavy atom. The lowest BCUT2D eigenvalue weighted by atomic mass is 10.0. The summed E-state index contributed by atoms with van der Waals surface area (Å²) < 4.78 is 17.4. The van der Waals surface area contributed by atoms with Crippen LogP contribution < -0.4 is 11.1 Å². The molecule has 132 valence electrons. The van der Waals surface area contributed by atoms with Crippen LogP contribution >= 0.6 is 0 Å². The fourth-order valence-corrected chi connectivity index (χ4v) is 2.90. The second kappa shape index (κ2) is 6.79. The topological polar surface area (TPSA) is 90.5 Å². The Morgan fingerprint density at radius 1 is 1.00 bits per heavy atom. The van der Waals surface area contributed by atoms with Gasteiger partial charge in [-0.15, -0.1) is 0 Å². The Morgan fingerprint density at radius 2 is 1.69 bits per heavy atom. The molecule has 0 atom stereocenters. The largest absolute Gasteiger partial charge is 0.469 e. The third-order valence-corrected chi connectivity index (χ3v) is 4.15. The number of hydrogen-bond donors (Lipinski definition) is 1. The molecule has 0 bridgehead atoms. The van der Waals surface area contributed by atoms with Crippen LogP contribution in [0.5, 0.6) is 0 Å². The van der Waals surface area contributed by atoms with Gasteiger partial charge in [0.15, 0.2) is 5.58 Å². The van der Waals surface area contributed by atoms with E-state index < -0.39 is 5.76 Å². The molecule has 0 radical (unpaired) electrons. The summed E-state index contributed by atoms with van der Waals surface area (Å²) >= 11 is 0. The van der Waals surface area contributed by atoms with Crippen LogP contribution in [0.2, 0.25) is 0 Å². The fourth-order valence-electron chi connectivity index (χ4n) is 2.90. The van der Waals surface area contributed by atoms with Gasteiger partial charge in [0.25, 0.3) is 0 Å². The second-order valence-corrected chi connectivity index (χ2v) is 5.81. The van der Waals surface area contributed by atoms with Crippen molar-refractivity contribution in [3.8, 4) is 0 Å². The Bertz CT molecular complexity index is 1020. The second-order valence-electron chi connectivity index (χ2n) is 5.81.